The number of halogens is 3. The molecule has 2 atom stereocenters. The predicted molar refractivity (Wildman–Crippen MR) is 152 cm³/mol. The highest BCUT2D eigenvalue weighted by molar-refractivity contribution is 7.07. The number of alkyl halides is 3. The maximum Gasteiger partial charge on any atom is 0.338 e. The lowest BCUT2D eigenvalue weighted by Gasteiger charge is -2.25. The van der Waals surface area contributed by atoms with E-state index >= 15 is 0 Å². The number of carbonyl (C=O) groups is 2. The second-order valence-electron chi connectivity index (χ2n) is 8.52. The zero-order valence-corrected chi connectivity index (χ0v) is 24.2. The zero-order chi connectivity index (χ0) is 28.3. The molecule has 0 fully saturated rings. The van der Waals surface area contributed by atoms with Crippen molar-refractivity contribution in [2.45, 2.75) is 36.8 Å². The van der Waals surface area contributed by atoms with Gasteiger partial charge in [0.25, 0.3) is 5.56 Å². The number of aromatic nitrogens is 1. The molecule has 3 aromatic rings. The number of thiazole rings is 1. The van der Waals surface area contributed by atoms with E-state index in [1.165, 1.54) is 22.8 Å². The van der Waals surface area contributed by atoms with E-state index in [4.69, 9.17) is 44.3 Å². The van der Waals surface area contributed by atoms with E-state index in [0.29, 0.717) is 31.9 Å². The molecule has 4 rings (SSSR count). The summed E-state index contributed by atoms with van der Waals surface area (Å²) in [7, 11) is 0. The van der Waals surface area contributed by atoms with Gasteiger partial charge in [-0.2, -0.15) is 0 Å². The summed E-state index contributed by atoms with van der Waals surface area (Å²) in [6, 6.07) is 15.3. The Kier molecular flexibility index (Phi) is 8.86. The third-order valence-electron chi connectivity index (χ3n) is 5.70. The lowest BCUT2D eigenvalue weighted by molar-refractivity contribution is -0.139. The van der Waals surface area contributed by atoms with Gasteiger partial charge in [-0.3, -0.25) is 14.2 Å². The monoisotopic (exact) mass is 607 g/mol. The first-order valence-electron chi connectivity index (χ1n) is 11.8. The molecular weight excluding hydrogens is 585 g/mol. The van der Waals surface area contributed by atoms with Gasteiger partial charge in [-0.1, -0.05) is 88.6 Å². The predicted octanol–water partition coefficient (Wildman–Crippen LogP) is 4.01. The standard InChI is InChI=1S/C27H24Cl3N3O5S/c1-4-37-24(36)21-15(2)31-26-33(22(21)18-8-6-5-7-9-18)23(35)20(39-26)14-17-10-12-19(13-11-17)38-25(27(28,29)30)32-16(3)34/h5-14,22,25H,4H2,1-3H3,(H,32,34)/b20-14+/t22-,25-/m1/s1. The summed E-state index contributed by atoms with van der Waals surface area (Å²) in [5.74, 6) is -0.587. The molecule has 0 saturated heterocycles. The number of esters is 1. The third-order valence-corrected chi connectivity index (χ3v) is 7.27. The lowest BCUT2D eigenvalue weighted by Crippen LogP contribution is -2.47. The Bertz CT molecular complexity index is 1590. The van der Waals surface area contributed by atoms with Gasteiger partial charge in [-0.15, -0.1) is 0 Å². The van der Waals surface area contributed by atoms with Crippen molar-refractivity contribution in [3.8, 4) is 5.75 Å². The van der Waals surface area contributed by atoms with Crippen LogP contribution in [0.25, 0.3) is 6.08 Å². The summed E-state index contributed by atoms with van der Waals surface area (Å²) in [6.45, 7) is 4.96. The van der Waals surface area contributed by atoms with Crippen LogP contribution >= 0.6 is 46.1 Å². The number of nitrogens with zero attached hydrogens (tertiary/aromatic N) is 2. The molecule has 1 amide bonds. The van der Waals surface area contributed by atoms with Gasteiger partial charge in [-0.05, 0) is 43.2 Å². The van der Waals surface area contributed by atoms with Crippen LogP contribution in [0.5, 0.6) is 5.75 Å². The Balaban J connectivity index is 1.72. The van der Waals surface area contributed by atoms with Gasteiger partial charge in [0.15, 0.2) is 4.80 Å². The van der Waals surface area contributed by atoms with Gasteiger partial charge >= 0.3 is 5.97 Å². The largest absolute Gasteiger partial charge is 0.466 e. The molecule has 12 heteroatoms. The van der Waals surface area contributed by atoms with Crippen LogP contribution in [-0.4, -0.2) is 33.1 Å². The van der Waals surface area contributed by atoms with Crippen LogP contribution in [0.4, 0.5) is 0 Å². The number of amides is 1. The lowest BCUT2D eigenvalue weighted by atomic mass is 9.96. The molecule has 0 saturated carbocycles. The zero-order valence-electron chi connectivity index (χ0n) is 21.1. The van der Waals surface area contributed by atoms with Crippen LogP contribution in [0.2, 0.25) is 0 Å². The third kappa shape index (κ3) is 6.55. The molecular formula is C27H24Cl3N3O5S. The smallest absolute Gasteiger partial charge is 0.338 e. The molecule has 0 bridgehead atoms. The van der Waals surface area contributed by atoms with E-state index in [1.807, 2.05) is 30.3 Å². The number of fused-ring (bicyclic) bond motifs is 1. The normalized spacial score (nSPS) is 16.3. The van der Waals surface area contributed by atoms with Gasteiger partial charge < -0.3 is 14.8 Å². The molecule has 204 valence electrons. The summed E-state index contributed by atoms with van der Waals surface area (Å²) < 4.78 is 11.0. The second-order valence-corrected chi connectivity index (χ2v) is 11.9. The molecule has 8 nitrogen and oxygen atoms in total. The van der Waals surface area contributed by atoms with Crippen LogP contribution in [0.3, 0.4) is 0 Å². The number of hydrogen-bond acceptors (Lipinski definition) is 7. The number of rotatable bonds is 7. The van der Waals surface area contributed by atoms with Crippen molar-refractivity contribution < 1.29 is 19.1 Å². The van der Waals surface area contributed by atoms with Crippen molar-refractivity contribution in [1.82, 2.24) is 9.88 Å². The van der Waals surface area contributed by atoms with Crippen LogP contribution < -0.4 is 24.9 Å². The number of allylic oxidation sites excluding steroid dienone is 1. The van der Waals surface area contributed by atoms with Crippen LogP contribution in [0.1, 0.15) is 37.9 Å². The first-order chi connectivity index (χ1) is 18.5. The number of ether oxygens (including phenoxy) is 2. The van der Waals surface area contributed by atoms with Gasteiger partial charge in [0.1, 0.15) is 5.75 Å². The maximum absolute atomic E-state index is 13.7. The highest BCUT2D eigenvalue weighted by Crippen LogP contribution is 2.32. The molecule has 0 unspecified atom stereocenters. The fourth-order valence-electron chi connectivity index (χ4n) is 4.04. The van der Waals surface area contributed by atoms with E-state index < -0.39 is 27.9 Å². The van der Waals surface area contributed by atoms with Gasteiger partial charge in [0, 0.05) is 6.92 Å². The van der Waals surface area contributed by atoms with Crippen LogP contribution in [0, 0.1) is 0 Å². The molecule has 0 radical (unpaired) electrons. The fraction of sp³-hybridized carbons (Fsp3) is 0.259. The number of carbonyl (C=O) groups excluding carboxylic acids is 2. The number of hydrogen-bond donors (Lipinski definition) is 1. The number of nitrogens with one attached hydrogen (secondary N) is 1. The van der Waals surface area contributed by atoms with Crippen molar-refractivity contribution in [3.63, 3.8) is 0 Å². The van der Waals surface area contributed by atoms with Crippen molar-refractivity contribution in [1.29, 1.82) is 0 Å². The van der Waals surface area contributed by atoms with Crippen LogP contribution in [-0.2, 0) is 14.3 Å². The van der Waals surface area contributed by atoms with E-state index in [9.17, 15) is 14.4 Å². The maximum atomic E-state index is 13.7. The Hall–Kier alpha value is -3.11. The van der Waals surface area contributed by atoms with E-state index in [0.717, 1.165) is 5.56 Å². The quantitative estimate of drug-likeness (QED) is 0.248. The molecule has 2 heterocycles. The Labute approximate surface area is 243 Å². The summed E-state index contributed by atoms with van der Waals surface area (Å²) in [4.78, 5) is 43.1. The van der Waals surface area contributed by atoms with E-state index in [2.05, 4.69) is 10.3 Å². The van der Waals surface area contributed by atoms with Gasteiger partial charge in [0.2, 0.25) is 15.9 Å². The molecule has 1 N–H and O–H groups in total. The molecule has 1 aliphatic rings. The highest BCUT2D eigenvalue weighted by Gasteiger charge is 2.36. The fourth-order valence-corrected chi connectivity index (χ4v) is 5.38. The minimum Gasteiger partial charge on any atom is -0.466 e. The number of benzene rings is 2. The Morgan fingerprint density at radius 2 is 1.82 bits per heavy atom. The van der Waals surface area contributed by atoms with E-state index in [-0.39, 0.29) is 12.2 Å². The topological polar surface area (TPSA) is 99.0 Å². The minimum atomic E-state index is -1.89. The average Bonchev–Trinajstić information content (AvgIpc) is 3.18. The molecule has 1 aliphatic heterocycles. The van der Waals surface area contributed by atoms with E-state index in [1.54, 1.807) is 44.2 Å². The Morgan fingerprint density at radius 3 is 2.41 bits per heavy atom. The summed E-state index contributed by atoms with van der Waals surface area (Å²) >= 11 is 19.0. The van der Waals surface area contributed by atoms with Crippen molar-refractivity contribution in [3.05, 3.63) is 96.7 Å². The first-order valence-corrected chi connectivity index (χ1v) is 13.8. The molecule has 0 aliphatic carbocycles. The van der Waals surface area contributed by atoms with Gasteiger partial charge in [-0.25, -0.2) is 9.79 Å². The summed E-state index contributed by atoms with van der Waals surface area (Å²) in [5.41, 5.74) is 2.01. The SMILES string of the molecule is CCOC(=O)C1=C(C)N=c2s/c(=C/c3ccc(O[C@@H](NC(C)=O)C(Cl)(Cl)Cl)cc3)c(=O)n2[C@@H]1c1ccccc1. The summed E-state index contributed by atoms with van der Waals surface area (Å²) in [5, 5.41) is 2.44. The van der Waals surface area contributed by atoms with Gasteiger partial charge in [0.05, 0.1) is 28.5 Å². The molecule has 1 aromatic heterocycles. The first kappa shape index (κ1) is 28.9. The van der Waals surface area contributed by atoms with Crippen molar-refractivity contribution in [2.24, 2.45) is 4.99 Å². The average molecular weight is 609 g/mol. The van der Waals surface area contributed by atoms with Crippen LogP contribution in [0.15, 0.2) is 75.7 Å². The van der Waals surface area contributed by atoms with Crippen molar-refractivity contribution in [2.75, 3.05) is 6.61 Å². The minimum absolute atomic E-state index is 0.203. The molecule has 39 heavy (non-hydrogen) atoms. The second kappa shape index (κ2) is 12.0. The molecule has 2 aromatic carbocycles. The van der Waals surface area contributed by atoms with Crippen molar-refractivity contribution >= 4 is 64.1 Å². The Morgan fingerprint density at radius 1 is 1.15 bits per heavy atom. The summed E-state index contributed by atoms with van der Waals surface area (Å²) in [6.07, 6.45) is 0.517. The highest BCUT2D eigenvalue weighted by atomic mass is 35.6. The molecule has 0 spiro atoms.